The van der Waals surface area contributed by atoms with Crippen LogP contribution in [0.5, 0.6) is 5.75 Å². The molecule has 1 aromatic heterocycles. The summed E-state index contributed by atoms with van der Waals surface area (Å²) in [5, 5.41) is 16.9. The van der Waals surface area contributed by atoms with Crippen molar-refractivity contribution in [2.24, 2.45) is 0 Å². The second kappa shape index (κ2) is 9.72. The van der Waals surface area contributed by atoms with Gasteiger partial charge in [0.15, 0.2) is 23.1 Å². The zero-order valence-corrected chi connectivity index (χ0v) is 17.6. The van der Waals surface area contributed by atoms with Gasteiger partial charge in [-0.15, -0.1) is 0 Å². The highest BCUT2D eigenvalue weighted by Crippen LogP contribution is 2.42. The van der Waals surface area contributed by atoms with Crippen LogP contribution in [-0.2, 0) is 12.0 Å². The largest absolute Gasteiger partial charge is 0.503 e. The van der Waals surface area contributed by atoms with Gasteiger partial charge < -0.3 is 10.4 Å². The number of benzene rings is 1. The lowest BCUT2D eigenvalue weighted by Gasteiger charge is -2.30. The lowest BCUT2D eigenvalue weighted by Crippen LogP contribution is -2.35. The van der Waals surface area contributed by atoms with Crippen LogP contribution in [0.1, 0.15) is 41.7 Å². The van der Waals surface area contributed by atoms with Crippen molar-refractivity contribution in [2.75, 3.05) is 6.54 Å². The lowest BCUT2D eigenvalue weighted by atomic mass is 9.78. The van der Waals surface area contributed by atoms with Gasteiger partial charge in [0.05, 0.1) is 12.7 Å². The summed E-state index contributed by atoms with van der Waals surface area (Å²) in [7, 11) is 0. The fourth-order valence-corrected chi connectivity index (χ4v) is 4.10. The van der Waals surface area contributed by atoms with Crippen molar-refractivity contribution in [1.82, 2.24) is 15.1 Å². The fraction of sp³-hybridized carbons (Fsp3) is 0.292. The van der Waals surface area contributed by atoms with E-state index in [1.807, 2.05) is 0 Å². The van der Waals surface area contributed by atoms with E-state index in [2.05, 4.69) is 23.6 Å². The van der Waals surface area contributed by atoms with Gasteiger partial charge in [0.25, 0.3) is 11.3 Å². The second-order valence-corrected chi connectivity index (χ2v) is 7.87. The Balaban J connectivity index is 1.92. The smallest absolute Gasteiger partial charge is 0.276 e. The lowest BCUT2D eigenvalue weighted by molar-refractivity contribution is 0.0947. The number of aromatic nitrogens is 2. The first kappa shape index (κ1) is 23.1. The van der Waals surface area contributed by atoms with E-state index in [4.69, 9.17) is 0 Å². The summed E-state index contributed by atoms with van der Waals surface area (Å²) in [6, 6.07) is 3.82. The van der Waals surface area contributed by atoms with Gasteiger partial charge >= 0.3 is 0 Å². The summed E-state index contributed by atoms with van der Waals surface area (Å²) in [6.45, 7) is 7.52. The fourth-order valence-electron chi connectivity index (χ4n) is 4.10. The van der Waals surface area contributed by atoms with Gasteiger partial charge in [-0.2, -0.15) is 5.10 Å². The van der Waals surface area contributed by atoms with Crippen LogP contribution in [0, 0.1) is 11.6 Å². The minimum Gasteiger partial charge on any atom is -0.503 e. The maximum atomic E-state index is 13.9. The maximum absolute atomic E-state index is 13.9. The second-order valence-electron chi connectivity index (χ2n) is 7.87. The molecule has 0 radical (unpaired) electrons. The van der Waals surface area contributed by atoms with Gasteiger partial charge in [0.2, 0.25) is 0 Å². The Hall–Kier alpha value is -3.55. The maximum Gasteiger partial charge on any atom is 0.276 e. The zero-order valence-electron chi connectivity index (χ0n) is 17.6. The summed E-state index contributed by atoms with van der Waals surface area (Å²) in [6.07, 6.45) is 9.08. The van der Waals surface area contributed by atoms with Crippen LogP contribution >= 0.6 is 0 Å². The molecule has 2 N–H and O–H groups in total. The number of allylic oxidation sites excluding steroid dienone is 2. The molecule has 1 amide bonds. The number of halogens is 2. The molecule has 32 heavy (non-hydrogen) atoms. The number of amides is 1. The van der Waals surface area contributed by atoms with Crippen LogP contribution in [0.25, 0.3) is 0 Å². The average molecular weight is 441 g/mol. The van der Waals surface area contributed by atoms with E-state index in [-0.39, 0.29) is 13.1 Å². The Morgan fingerprint density at radius 1 is 1.25 bits per heavy atom. The number of carbonyl (C=O) groups excluding carboxylic acids is 1. The Morgan fingerprint density at radius 2 is 1.97 bits per heavy atom. The molecule has 1 aliphatic carbocycles. The highest BCUT2D eigenvalue weighted by Gasteiger charge is 2.37. The van der Waals surface area contributed by atoms with Crippen molar-refractivity contribution in [1.29, 1.82) is 0 Å². The molecular weight excluding hydrogens is 416 g/mol. The topological polar surface area (TPSA) is 84.2 Å². The molecule has 2 aromatic rings. The molecule has 0 saturated heterocycles. The molecule has 6 nitrogen and oxygen atoms in total. The quantitative estimate of drug-likeness (QED) is 0.611. The third-order valence-corrected chi connectivity index (χ3v) is 5.77. The van der Waals surface area contributed by atoms with Crippen LogP contribution in [0.4, 0.5) is 8.78 Å². The molecule has 0 atom stereocenters. The number of nitrogens with zero attached hydrogens (tertiary/aromatic N) is 2. The van der Waals surface area contributed by atoms with E-state index in [0.717, 1.165) is 25.1 Å². The van der Waals surface area contributed by atoms with Crippen molar-refractivity contribution < 1.29 is 18.7 Å². The Bertz CT molecular complexity index is 1130. The molecule has 3 rings (SSSR count). The Labute approximate surface area is 184 Å². The van der Waals surface area contributed by atoms with Gasteiger partial charge in [-0.05, 0) is 36.1 Å². The van der Waals surface area contributed by atoms with Gasteiger partial charge in [-0.1, -0.05) is 50.3 Å². The molecule has 0 spiro atoms. The molecule has 1 aromatic carbocycles. The number of aromatic hydroxyl groups is 1. The average Bonchev–Trinajstić information content (AvgIpc) is 3.24. The standard InChI is InChI=1S/C24H25F2N3O3/c1-3-7-16(4-2)13-27-23(32)21-22(31)20(30)14-29(28-21)15-24(10-5-6-11-24)17-8-9-18(25)19(26)12-17/h3-4,7-9,12,14,30H,1-2,5-6,10-11,13,15H2,(H,27,32)/b16-7+. The van der Waals surface area contributed by atoms with Crippen molar-refractivity contribution in [3.8, 4) is 5.75 Å². The normalized spacial score (nSPS) is 15.4. The predicted molar refractivity (Wildman–Crippen MR) is 117 cm³/mol. The highest BCUT2D eigenvalue weighted by molar-refractivity contribution is 5.92. The summed E-state index contributed by atoms with van der Waals surface area (Å²) < 4.78 is 28.7. The number of hydrogen-bond donors (Lipinski definition) is 2. The minimum atomic E-state index is -0.935. The van der Waals surface area contributed by atoms with E-state index in [9.17, 15) is 23.5 Å². The molecular formula is C24H25F2N3O3. The first-order valence-corrected chi connectivity index (χ1v) is 10.3. The van der Waals surface area contributed by atoms with Gasteiger partial charge in [-0.3, -0.25) is 14.3 Å². The predicted octanol–water partition coefficient (Wildman–Crippen LogP) is 3.77. The molecule has 8 heteroatoms. The Morgan fingerprint density at radius 3 is 2.59 bits per heavy atom. The number of hydrogen-bond acceptors (Lipinski definition) is 4. The summed E-state index contributed by atoms with van der Waals surface area (Å²) in [4.78, 5) is 24.9. The van der Waals surface area contributed by atoms with Crippen molar-refractivity contribution in [2.45, 2.75) is 37.6 Å². The first-order chi connectivity index (χ1) is 15.3. The van der Waals surface area contributed by atoms with E-state index in [0.29, 0.717) is 24.0 Å². The molecule has 1 heterocycles. The van der Waals surface area contributed by atoms with E-state index in [1.54, 1.807) is 24.3 Å². The summed E-state index contributed by atoms with van der Waals surface area (Å²) in [5.41, 5.74) is -0.605. The number of nitrogens with one attached hydrogen (secondary N) is 1. The molecule has 1 saturated carbocycles. The number of rotatable bonds is 8. The molecule has 0 bridgehead atoms. The van der Waals surface area contributed by atoms with Gasteiger partial charge in [0, 0.05) is 12.0 Å². The minimum absolute atomic E-state index is 0.101. The molecule has 0 unspecified atom stereocenters. The van der Waals surface area contributed by atoms with Gasteiger partial charge in [-0.25, -0.2) is 8.78 Å². The Kier molecular flexibility index (Phi) is 7.02. The van der Waals surface area contributed by atoms with Crippen LogP contribution in [-0.4, -0.2) is 27.3 Å². The van der Waals surface area contributed by atoms with Crippen LogP contribution in [0.15, 0.2) is 66.1 Å². The first-order valence-electron chi connectivity index (χ1n) is 10.3. The third-order valence-electron chi connectivity index (χ3n) is 5.77. The van der Waals surface area contributed by atoms with Crippen molar-refractivity contribution in [3.05, 3.63) is 94.5 Å². The van der Waals surface area contributed by atoms with Crippen LogP contribution in [0.3, 0.4) is 0 Å². The number of carbonyl (C=O) groups is 1. The summed E-state index contributed by atoms with van der Waals surface area (Å²) in [5.74, 6) is -3.22. The van der Waals surface area contributed by atoms with Crippen molar-refractivity contribution in [3.63, 3.8) is 0 Å². The SMILES string of the molecule is C=C/C=C(\C=C)CNC(=O)c1nn(CC2(c3ccc(F)c(F)c3)CCCC2)cc(O)c1=O. The molecule has 168 valence electrons. The van der Waals surface area contributed by atoms with Crippen LogP contribution < -0.4 is 10.7 Å². The zero-order chi connectivity index (χ0) is 23.3. The highest BCUT2D eigenvalue weighted by atomic mass is 19.2. The summed E-state index contributed by atoms with van der Waals surface area (Å²) >= 11 is 0. The van der Waals surface area contributed by atoms with E-state index < -0.39 is 39.8 Å². The molecule has 1 aliphatic rings. The van der Waals surface area contributed by atoms with E-state index >= 15 is 0 Å². The van der Waals surface area contributed by atoms with Gasteiger partial charge in [0.1, 0.15) is 0 Å². The van der Waals surface area contributed by atoms with Crippen molar-refractivity contribution >= 4 is 5.91 Å². The van der Waals surface area contributed by atoms with E-state index in [1.165, 1.54) is 10.7 Å². The molecule has 1 fully saturated rings. The monoisotopic (exact) mass is 441 g/mol. The third kappa shape index (κ3) is 4.85. The molecule has 0 aliphatic heterocycles. The van der Waals surface area contributed by atoms with Crippen LogP contribution in [0.2, 0.25) is 0 Å².